The van der Waals surface area contributed by atoms with Crippen LogP contribution in [0.3, 0.4) is 0 Å². The van der Waals surface area contributed by atoms with E-state index in [0.29, 0.717) is 13.2 Å². The van der Waals surface area contributed by atoms with Crippen LogP contribution < -0.4 is 16.6 Å². The van der Waals surface area contributed by atoms with Crippen molar-refractivity contribution in [1.29, 1.82) is 0 Å². The van der Waals surface area contributed by atoms with Gasteiger partial charge in [-0.05, 0) is 11.1 Å². The molecule has 0 bridgehead atoms. The normalized spacial score (nSPS) is 16.1. The van der Waals surface area contributed by atoms with Crippen LogP contribution >= 0.6 is 0 Å². The van der Waals surface area contributed by atoms with Gasteiger partial charge in [0.25, 0.3) is 5.56 Å². The van der Waals surface area contributed by atoms with Crippen LogP contribution in [0.4, 0.5) is 0 Å². The number of carbonyl (C=O) groups is 1. The zero-order valence-corrected chi connectivity index (χ0v) is 15.7. The van der Waals surface area contributed by atoms with Crippen molar-refractivity contribution in [3.05, 3.63) is 62.6 Å². The lowest BCUT2D eigenvalue weighted by molar-refractivity contribution is -0.122. The number of rotatable bonds is 4. The average molecular weight is 383 g/mol. The van der Waals surface area contributed by atoms with Crippen molar-refractivity contribution >= 4 is 17.1 Å². The van der Waals surface area contributed by atoms with E-state index in [1.54, 1.807) is 7.05 Å². The summed E-state index contributed by atoms with van der Waals surface area (Å²) in [7, 11) is 2.94. The SMILES string of the molecule is Cn1c(=O)c2c(ncn2CC(=O)NCC2Cc3ccccc3CO2)n(C)c1=O. The highest BCUT2D eigenvalue weighted by atomic mass is 16.5. The number of amides is 1. The molecule has 1 aliphatic heterocycles. The second kappa shape index (κ2) is 7.08. The van der Waals surface area contributed by atoms with E-state index in [1.807, 2.05) is 18.2 Å². The van der Waals surface area contributed by atoms with Crippen LogP contribution in [0.1, 0.15) is 11.1 Å². The Morgan fingerprint density at radius 2 is 1.96 bits per heavy atom. The Bertz CT molecular complexity index is 1170. The Morgan fingerprint density at radius 3 is 2.75 bits per heavy atom. The number of hydrogen-bond acceptors (Lipinski definition) is 5. The van der Waals surface area contributed by atoms with E-state index >= 15 is 0 Å². The number of ether oxygens (including phenoxy) is 1. The molecule has 0 fully saturated rings. The second-order valence-electron chi connectivity index (χ2n) is 6.96. The third-order valence-corrected chi connectivity index (χ3v) is 5.10. The van der Waals surface area contributed by atoms with Crippen molar-refractivity contribution in [2.45, 2.75) is 25.7 Å². The van der Waals surface area contributed by atoms with Crippen LogP contribution in [0.15, 0.2) is 40.2 Å². The summed E-state index contributed by atoms with van der Waals surface area (Å²) in [6.45, 7) is 0.858. The smallest absolute Gasteiger partial charge is 0.332 e. The summed E-state index contributed by atoms with van der Waals surface area (Å²) in [5, 5.41) is 2.86. The molecular weight excluding hydrogens is 362 g/mol. The number of carbonyl (C=O) groups excluding carboxylic acids is 1. The van der Waals surface area contributed by atoms with Gasteiger partial charge in [-0.15, -0.1) is 0 Å². The topological polar surface area (TPSA) is 100 Å². The number of nitrogens with zero attached hydrogens (tertiary/aromatic N) is 4. The molecule has 1 unspecified atom stereocenters. The molecule has 0 spiro atoms. The van der Waals surface area contributed by atoms with Gasteiger partial charge < -0.3 is 14.6 Å². The van der Waals surface area contributed by atoms with Gasteiger partial charge in [-0.3, -0.25) is 18.7 Å². The minimum atomic E-state index is -0.476. The van der Waals surface area contributed by atoms with Gasteiger partial charge in [0, 0.05) is 27.1 Å². The molecule has 9 heteroatoms. The first kappa shape index (κ1) is 18.2. The number of nitrogens with one attached hydrogen (secondary N) is 1. The minimum Gasteiger partial charge on any atom is -0.371 e. The van der Waals surface area contributed by atoms with Gasteiger partial charge in [0.05, 0.1) is 19.0 Å². The maximum atomic E-state index is 12.4. The molecular formula is C19H21N5O4. The summed E-state index contributed by atoms with van der Waals surface area (Å²) >= 11 is 0. The zero-order chi connectivity index (χ0) is 19.8. The summed E-state index contributed by atoms with van der Waals surface area (Å²) in [6, 6.07) is 8.10. The maximum absolute atomic E-state index is 12.4. The van der Waals surface area contributed by atoms with Crippen molar-refractivity contribution < 1.29 is 9.53 Å². The van der Waals surface area contributed by atoms with E-state index in [1.165, 1.54) is 33.6 Å². The van der Waals surface area contributed by atoms with Crippen molar-refractivity contribution in [3.63, 3.8) is 0 Å². The van der Waals surface area contributed by atoms with Crippen molar-refractivity contribution in [2.24, 2.45) is 14.1 Å². The molecule has 1 amide bonds. The summed E-state index contributed by atoms with van der Waals surface area (Å²) in [5.41, 5.74) is 1.96. The molecule has 0 aliphatic carbocycles. The van der Waals surface area contributed by atoms with E-state index in [4.69, 9.17) is 4.74 Å². The van der Waals surface area contributed by atoms with Crippen molar-refractivity contribution in [2.75, 3.05) is 6.54 Å². The molecule has 9 nitrogen and oxygen atoms in total. The Hall–Kier alpha value is -3.20. The van der Waals surface area contributed by atoms with E-state index in [2.05, 4.69) is 16.4 Å². The minimum absolute atomic E-state index is 0.0623. The monoisotopic (exact) mass is 383 g/mol. The Kier molecular flexibility index (Phi) is 4.60. The summed E-state index contributed by atoms with van der Waals surface area (Å²) in [4.78, 5) is 40.9. The lowest BCUT2D eigenvalue weighted by Gasteiger charge is -2.25. The zero-order valence-electron chi connectivity index (χ0n) is 15.7. The number of fused-ring (bicyclic) bond motifs is 2. The van der Waals surface area contributed by atoms with Crippen LogP contribution in [-0.2, 0) is 43.2 Å². The quantitative estimate of drug-likeness (QED) is 0.666. The first-order valence-electron chi connectivity index (χ1n) is 9.01. The Labute approximate surface area is 160 Å². The van der Waals surface area contributed by atoms with Gasteiger partial charge in [0.1, 0.15) is 6.54 Å². The predicted molar refractivity (Wildman–Crippen MR) is 102 cm³/mol. The first-order valence-corrected chi connectivity index (χ1v) is 9.01. The fourth-order valence-electron chi connectivity index (χ4n) is 3.50. The third kappa shape index (κ3) is 3.13. The summed E-state index contributed by atoms with van der Waals surface area (Å²) < 4.78 is 9.56. The van der Waals surface area contributed by atoms with Gasteiger partial charge in [-0.1, -0.05) is 24.3 Å². The van der Waals surface area contributed by atoms with Gasteiger partial charge in [-0.25, -0.2) is 9.78 Å². The van der Waals surface area contributed by atoms with Crippen molar-refractivity contribution in [1.82, 2.24) is 24.0 Å². The molecule has 1 N–H and O–H groups in total. The lowest BCUT2D eigenvalue weighted by Crippen LogP contribution is -2.39. The van der Waals surface area contributed by atoms with Crippen LogP contribution in [0, 0.1) is 0 Å². The molecule has 2 aromatic heterocycles. The van der Waals surface area contributed by atoms with E-state index in [9.17, 15) is 14.4 Å². The largest absolute Gasteiger partial charge is 0.371 e. The Morgan fingerprint density at radius 1 is 1.21 bits per heavy atom. The van der Waals surface area contributed by atoms with Gasteiger partial charge in [0.2, 0.25) is 5.91 Å². The average Bonchev–Trinajstić information content (AvgIpc) is 3.12. The van der Waals surface area contributed by atoms with Gasteiger partial charge in [0.15, 0.2) is 11.2 Å². The molecule has 4 rings (SSSR count). The van der Waals surface area contributed by atoms with Gasteiger partial charge >= 0.3 is 5.69 Å². The lowest BCUT2D eigenvalue weighted by atomic mass is 9.99. The first-order chi connectivity index (χ1) is 13.5. The van der Waals surface area contributed by atoms with E-state index in [0.717, 1.165) is 11.0 Å². The third-order valence-electron chi connectivity index (χ3n) is 5.10. The van der Waals surface area contributed by atoms with Crippen molar-refractivity contribution in [3.8, 4) is 0 Å². The fraction of sp³-hybridized carbons (Fsp3) is 0.368. The maximum Gasteiger partial charge on any atom is 0.332 e. The van der Waals surface area contributed by atoms with Crippen LogP contribution in [-0.4, -0.2) is 37.2 Å². The molecule has 1 atom stereocenters. The van der Waals surface area contributed by atoms with Crippen LogP contribution in [0.2, 0.25) is 0 Å². The highest BCUT2D eigenvalue weighted by molar-refractivity contribution is 5.78. The number of benzene rings is 1. The number of aromatic nitrogens is 4. The van der Waals surface area contributed by atoms with Crippen LogP contribution in [0.25, 0.3) is 11.2 Å². The van der Waals surface area contributed by atoms with Crippen LogP contribution in [0.5, 0.6) is 0 Å². The molecule has 0 saturated carbocycles. The summed E-state index contributed by atoms with van der Waals surface area (Å²) in [5.74, 6) is -0.252. The molecule has 28 heavy (non-hydrogen) atoms. The number of hydrogen-bond donors (Lipinski definition) is 1. The van der Waals surface area contributed by atoms with E-state index < -0.39 is 11.2 Å². The van der Waals surface area contributed by atoms with E-state index in [-0.39, 0.29) is 29.7 Å². The highest BCUT2D eigenvalue weighted by Gasteiger charge is 2.20. The Balaban J connectivity index is 1.45. The molecule has 0 radical (unpaired) electrons. The predicted octanol–water partition coefficient (Wildman–Crippen LogP) is -0.309. The molecule has 146 valence electrons. The summed E-state index contributed by atoms with van der Waals surface area (Å²) in [6.07, 6.45) is 2.05. The van der Waals surface area contributed by atoms with Gasteiger partial charge in [-0.2, -0.15) is 0 Å². The standard InChI is InChI=1S/C19H21N5O4/c1-22-17-16(18(26)23(2)19(22)27)24(11-21-17)9-15(25)20-8-14-7-12-5-3-4-6-13(12)10-28-14/h3-6,11,14H,7-10H2,1-2H3,(H,20,25). The molecule has 1 aliphatic rings. The molecule has 3 heterocycles. The highest BCUT2D eigenvalue weighted by Crippen LogP contribution is 2.19. The number of imidazole rings is 1. The molecule has 3 aromatic rings. The second-order valence-corrected chi connectivity index (χ2v) is 6.96. The number of aryl methyl sites for hydroxylation is 1. The fourth-order valence-corrected chi connectivity index (χ4v) is 3.50. The molecule has 0 saturated heterocycles. The molecule has 1 aromatic carbocycles.